The number of aromatic nitrogens is 2. The number of rotatable bonds is 11. The zero-order valence-electron chi connectivity index (χ0n) is 25.0. The molecule has 0 saturated heterocycles. The Bertz CT molecular complexity index is 1860. The SMILES string of the molecule is C=CC1=C(C)C(C=c2[nH]c(=Cc3[nH]c(C=C4NC(=O)C(C)=C4C=C)c(C)c3CCC(=O)O)c(CCC(=O)O)c2C)=NC1=O.Cl. The topological polar surface area (TPSA) is 165 Å². The average molecular weight is 619 g/mol. The van der Waals surface area contributed by atoms with Crippen LogP contribution in [-0.4, -0.2) is 49.6 Å². The van der Waals surface area contributed by atoms with Crippen molar-refractivity contribution in [1.29, 1.82) is 0 Å². The lowest BCUT2D eigenvalue weighted by Gasteiger charge is -2.02. The van der Waals surface area contributed by atoms with Gasteiger partial charge in [-0.05, 0) is 86.6 Å². The second kappa shape index (κ2) is 13.6. The van der Waals surface area contributed by atoms with Crippen LogP contribution in [0.15, 0.2) is 58.3 Å². The monoisotopic (exact) mass is 618 g/mol. The number of carboxylic acids is 2. The van der Waals surface area contributed by atoms with E-state index in [1.807, 2.05) is 19.9 Å². The molecule has 230 valence electrons. The second-order valence-electron chi connectivity index (χ2n) is 10.5. The Morgan fingerprint density at radius 2 is 1.39 bits per heavy atom. The van der Waals surface area contributed by atoms with Gasteiger partial charge < -0.3 is 25.5 Å². The summed E-state index contributed by atoms with van der Waals surface area (Å²) in [5.74, 6) is -2.46. The minimum absolute atomic E-state index is 0. The van der Waals surface area contributed by atoms with E-state index >= 15 is 0 Å². The van der Waals surface area contributed by atoms with E-state index in [9.17, 15) is 29.4 Å². The molecule has 5 N–H and O–H groups in total. The first kappa shape index (κ1) is 33.5. The van der Waals surface area contributed by atoms with Crippen LogP contribution in [0.25, 0.3) is 18.2 Å². The molecule has 0 radical (unpaired) electrons. The number of allylic oxidation sites excluding steroid dienone is 2. The summed E-state index contributed by atoms with van der Waals surface area (Å²) in [7, 11) is 0. The van der Waals surface area contributed by atoms with E-state index in [2.05, 4.69) is 33.4 Å². The van der Waals surface area contributed by atoms with Gasteiger partial charge in [-0.1, -0.05) is 25.3 Å². The van der Waals surface area contributed by atoms with Crippen molar-refractivity contribution in [2.75, 3.05) is 0 Å². The lowest BCUT2D eigenvalue weighted by Crippen LogP contribution is -2.15. The molecule has 0 bridgehead atoms. The molecule has 2 amide bonds. The van der Waals surface area contributed by atoms with Crippen molar-refractivity contribution in [2.24, 2.45) is 4.99 Å². The molecule has 0 aromatic carbocycles. The number of nitrogens with zero attached hydrogens (tertiary/aromatic N) is 1. The first-order valence-electron chi connectivity index (χ1n) is 13.8. The predicted molar refractivity (Wildman–Crippen MR) is 172 cm³/mol. The van der Waals surface area contributed by atoms with Crippen molar-refractivity contribution in [3.63, 3.8) is 0 Å². The standard InChI is InChI=1S/C33H34N4O6.ClH/c1-7-20-19(6)32(42)37-27(20)14-25-18(5)23(10-12-31(40)41)29(35-25)15-28-22(9-11-30(38)39)17(4)24(34-28)13-26-16(3)21(8-2)33(43)36-26;/h7-8,13-15,34-35H,1-2,9-12H2,3-6H3,(H,37,42)(H,38,39)(H,40,41);1H. The number of H-pyrrole nitrogens is 2. The van der Waals surface area contributed by atoms with Gasteiger partial charge in [0, 0.05) is 51.6 Å². The second-order valence-corrected chi connectivity index (χ2v) is 10.5. The highest BCUT2D eigenvalue weighted by Crippen LogP contribution is 2.27. The minimum atomic E-state index is -0.941. The van der Waals surface area contributed by atoms with Gasteiger partial charge in [-0.25, -0.2) is 4.99 Å². The van der Waals surface area contributed by atoms with Crippen LogP contribution in [0.4, 0.5) is 0 Å². The Hall–Kier alpha value is -4.96. The fourth-order valence-electron chi connectivity index (χ4n) is 5.34. The van der Waals surface area contributed by atoms with Crippen LogP contribution in [0.3, 0.4) is 0 Å². The predicted octanol–water partition coefficient (Wildman–Crippen LogP) is 3.48. The molecule has 44 heavy (non-hydrogen) atoms. The van der Waals surface area contributed by atoms with Crippen molar-refractivity contribution < 1.29 is 29.4 Å². The third-order valence-electron chi connectivity index (χ3n) is 7.87. The summed E-state index contributed by atoms with van der Waals surface area (Å²) < 4.78 is 0. The number of aliphatic carboxylic acids is 2. The van der Waals surface area contributed by atoms with Gasteiger partial charge in [-0.15, -0.1) is 12.4 Å². The maximum atomic E-state index is 12.3. The van der Waals surface area contributed by atoms with E-state index in [1.165, 1.54) is 6.08 Å². The summed E-state index contributed by atoms with van der Waals surface area (Å²) in [6.07, 6.45) is 8.80. The fourth-order valence-corrected chi connectivity index (χ4v) is 5.34. The molecule has 10 nitrogen and oxygen atoms in total. The summed E-state index contributed by atoms with van der Waals surface area (Å²) in [4.78, 5) is 58.4. The number of aliphatic imine (C=N–C) groups is 1. The molecule has 2 aliphatic heterocycles. The number of halogens is 1. The molecule has 0 fully saturated rings. The highest BCUT2D eigenvalue weighted by Gasteiger charge is 2.23. The van der Waals surface area contributed by atoms with E-state index in [0.29, 0.717) is 55.8 Å². The van der Waals surface area contributed by atoms with Gasteiger partial charge in [0.2, 0.25) is 0 Å². The number of hydrogen-bond donors (Lipinski definition) is 5. The zero-order chi connectivity index (χ0) is 31.6. The van der Waals surface area contributed by atoms with Crippen LogP contribution in [0.2, 0.25) is 0 Å². The molecule has 2 aromatic rings. The van der Waals surface area contributed by atoms with Crippen LogP contribution in [0.5, 0.6) is 0 Å². The van der Waals surface area contributed by atoms with Crippen molar-refractivity contribution in [3.05, 3.63) is 97.6 Å². The maximum absolute atomic E-state index is 12.3. The van der Waals surface area contributed by atoms with E-state index in [1.54, 1.807) is 32.1 Å². The van der Waals surface area contributed by atoms with Gasteiger partial charge in [0.25, 0.3) is 11.8 Å². The lowest BCUT2D eigenvalue weighted by atomic mass is 10.0. The Labute approximate surface area is 260 Å². The number of hydrogen-bond acceptors (Lipinski definition) is 4. The van der Waals surface area contributed by atoms with Crippen molar-refractivity contribution in [2.45, 2.75) is 53.4 Å². The number of carbonyl (C=O) groups is 4. The number of carboxylic acid groups (broad SMARTS) is 2. The largest absolute Gasteiger partial charge is 0.481 e. The van der Waals surface area contributed by atoms with Gasteiger partial charge in [0.1, 0.15) is 0 Å². The van der Waals surface area contributed by atoms with Crippen LogP contribution in [-0.2, 0) is 32.0 Å². The van der Waals surface area contributed by atoms with Gasteiger partial charge in [0.15, 0.2) is 0 Å². The van der Waals surface area contributed by atoms with E-state index in [0.717, 1.165) is 22.3 Å². The summed E-state index contributed by atoms with van der Waals surface area (Å²) >= 11 is 0. The molecular weight excluding hydrogens is 584 g/mol. The Morgan fingerprint density at radius 3 is 1.95 bits per heavy atom. The van der Waals surface area contributed by atoms with Gasteiger partial charge in [-0.3, -0.25) is 19.2 Å². The molecule has 0 unspecified atom stereocenters. The van der Waals surface area contributed by atoms with Crippen LogP contribution < -0.4 is 16.0 Å². The molecule has 0 aliphatic carbocycles. The van der Waals surface area contributed by atoms with Crippen LogP contribution >= 0.6 is 12.4 Å². The Morgan fingerprint density at radius 1 is 0.773 bits per heavy atom. The third-order valence-corrected chi connectivity index (χ3v) is 7.87. The molecular formula is C33H35ClN4O6. The number of aromatic amines is 2. The first-order chi connectivity index (χ1) is 20.4. The normalized spacial score (nSPS) is 16.5. The summed E-state index contributed by atoms with van der Waals surface area (Å²) in [5, 5.41) is 23.0. The van der Waals surface area contributed by atoms with Gasteiger partial charge in [-0.2, -0.15) is 0 Å². The quantitative estimate of drug-likeness (QED) is 0.259. The highest BCUT2D eigenvalue weighted by atomic mass is 35.5. The van der Waals surface area contributed by atoms with Crippen LogP contribution in [0.1, 0.15) is 60.3 Å². The first-order valence-corrected chi connectivity index (χ1v) is 13.8. The molecule has 0 saturated carbocycles. The molecule has 11 heteroatoms. The minimum Gasteiger partial charge on any atom is -0.481 e. The summed E-state index contributed by atoms with van der Waals surface area (Å²) in [6.45, 7) is 14.8. The number of amides is 2. The smallest absolute Gasteiger partial charge is 0.303 e. The van der Waals surface area contributed by atoms with E-state index in [-0.39, 0.29) is 49.9 Å². The molecule has 2 aliphatic rings. The molecule has 0 atom stereocenters. The van der Waals surface area contributed by atoms with E-state index < -0.39 is 11.9 Å². The van der Waals surface area contributed by atoms with Crippen molar-refractivity contribution >= 4 is 60.1 Å². The number of nitrogens with one attached hydrogen (secondary N) is 3. The fraction of sp³-hybridized carbons (Fsp3) is 0.242. The van der Waals surface area contributed by atoms with Crippen LogP contribution in [0, 0.1) is 13.8 Å². The average Bonchev–Trinajstić information content (AvgIpc) is 3.59. The molecule has 4 rings (SSSR count). The van der Waals surface area contributed by atoms with E-state index in [4.69, 9.17) is 0 Å². The van der Waals surface area contributed by atoms with Crippen molar-refractivity contribution in [1.82, 2.24) is 15.3 Å². The maximum Gasteiger partial charge on any atom is 0.303 e. The summed E-state index contributed by atoms with van der Waals surface area (Å²) in [5.41, 5.74) is 7.97. The van der Waals surface area contributed by atoms with Gasteiger partial charge in [0.05, 0.1) is 11.4 Å². The van der Waals surface area contributed by atoms with Gasteiger partial charge >= 0.3 is 11.9 Å². The Kier molecular flexibility index (Phi) is 10.3. The third kappa shape index (κ3) is 6.65. The van der Waals surface area contributed by atoms with Crippen molar-refractivity contribution in [3.8, 4) is 0 Å². The molecule has 2 aromatic heterocycles. The Balaban J connectivity index is 0.00000529. The molecule has 0 spiro atoms. The summed E-state index contributed by atoms with van der Waals surface area (Å²) in [6, 6.07) is 0. The zero-order valence-corrected chi connectivity index (χ0v) is 25.8. The lowest BCUT2D eigenvalue weighted by molar-refractivity contribution is -0.138. The number of carbonyl (C=O) groups excluding carboxylic acids is 2. The highest BCUT2D eigenvalue weighted by molar-refractivity contribution is 6.31. The molecule has 4 heterocycles.